The largest absolute Gasteiger partial charge is 0.368 e. The molecule has 2 aromatic carbocycles. The van der Waals surface area contributed by atoms with Crippen LogP contribution >= 0.6 is 23.4 Å². The van der Waals surface area contributed by atoms with Gasteiger partial charge in [0.15, 0.2) is 0 Å². The Balaban J connectivity index is 1.35. The Kier molecular flexibility index (Phi) is 5.98. The lowest BCUT2D eigenvalue weighted by Gasteiger charge is -2.36. The molecule has 1 fully saturated rings. The molecule has 0 amide bonds. The maximum atomic E-state index is 13.1. The fourth-order valence-corrected chi connectivity index (χ4v) is 4.11. The van der Waals surface area contributed by atoms with Crippen LogP contribution in [0.4, 0.5) is 15.9 Å². The van der Waals surface area contributed by atoms with E-state index in [-0.39, 0.29) is 5.82 Å². The third-order valence-electron chi connectivity index (χ3n) is 4.72. The Hall–Kier alpha value is -2.31. The van der Waals surface area contributed by atoms with Crippen molar-refractivity contribution < 1.29 is 4.39 Å². The van der Waals surface area contributed by atoms with Crippen LogP contribution in [-0.4, -0.2) is 36.1 Å². The summed E-state index contributed by atoms with van der Waals surface area (Å²) in [6.45, 7) is 3.50. The van der Waals surface area contributed by atoms with Crippen LogP contribution in [0.15, 0.2) is 66.0 Å². The summed E-state index contributed by atoms with van der Waals surface area (Å²) >= 11 is 7.63. The molecule has 2 heterocycles. The molecule has 0 saturated carbocycles. The van der Waals surface area contributed by atoms with E-state index < -0.39 is 0 Å². The van der Waals surface area contributed by atoms with Crippen molar-refractivity contribution in [2.75, 3.05) is 36.0 Å². The smallest absolute Gasteiger partial charge is 0.133 e. The number of hydrogen-bond acceptors (Lipinski definition) is 5. The molecule has 144 valence electrons. The minimum atomic E-state index is -0.202. The summed E-state index contributed by atoms with van der Waals surface area (Å²) < 4.78 is 13.1. The van der Waals surface area contributed by atoms with E-state index in [0.29, 0.717) is 0 Å². The van der Waals surface area contributed by atoms with Crippen LogP contribution in [0.3, 0.4) is 0 Å². The van der Waals surface area contributed by atoms with Gasteiger partial charge in [-0.25, -0.2) is 14.4 Å². The van der Waals surface area contributed by atoms with Gasteiger partial charge in [0.05, 0.1) is 0 Å². The zero-order valence-corrected chi connectivity index (χ0v) is 16.8. The summed E-state index contributed by atoms with van der Waals surface area (Å²) in [4.78, 5) is 13.4. The van der Waals surface area contributed by atoms with Gasteiger partial charge in [-0.05, 0) is 42.0 Å². The minimum Gasteiger partial charge on any atom is -0.368 e. The molecule has 0 radical (unpaired) electrons. The highest BCUT2D eigenvalue weighted by Crippen LogP contribution is 2.25. The number of piperazine rings is 1. The first-order valence-corrected chi connectivity index (χ1v) is 10.5. The second kappa shape index (κ2) is 8.80. The fraction of sp³-hybridized carbons (Fsp3) is 0.238. The van der Waals surface area contributed by atoms with Crippen molar-refractivity contribution in [2.45, 2.75) is 10.8 Å². The van der Waals surface area contributed by atoms with Crippen LogP contribution in [0.25, 0.3) is 0 Å². The van der Waals surface area contributed by atoms with E-state index in [2.05, 4.69) is 19.8 Å². The van der Waals surface area contributed by atoms with Gasteiger partial charge in [0.2, 0.25) is 0 Å². The van der Waals surface area contributed by atoms with Crippen LogP contribution < -0.4 is 9.80 Å². The van der Waals surface area contributed by atoms with Crippen molar-refractivity contribution in [2.24, 2.45) is 0 Å². The molecular weight excluding hydrogens is 395 g/mol. The summed E-state index contributed by atoms with van der Waals surface area (Å²) in [5, 5.41) is 1.71. The van der Waals surface area contributed by atoms with Crippen molar-refractivity contribution in [1.29, 1.82) is 0 Å². The SMILES string of the molecule is Fc1ccc(N2CCN(c3cc(SCc4ccc(Cl)cc4)ncn3)CC2)cc1. The molecule has 3 aromatic rings. The van der Waals surface area contributed by atoms with Gasteiger partial charge >= 0.3 is 0 Å². The lowest BCUT2D eigenvalue weighted by Crippen LogP contribution is -2.46. The third kappa shape index (κ3) is 4.75. The number of aromatic nitrogens is 2. The number of hydrogen-bond donors (Lipinski definition) is 0. The van der Waals surface area contributed by atoms with Crippen LogP contribution in [0.1, 0.15) is 5.56 Å². The summed E-state index contributed by atoms with van der Waals surface area (Å²) in [6.07, 6.45) is 1.63. The van der Waals surface area contributed by atoms with E-state index in [9.17, 15) is 4.39 Å². The number of benzene rings is 2. The lowest BCUT2D eigenvalue weighted by atomic mass is 10.2. The van der Waals surface area contributed by atoms with Gasteiger partial charge in [-0.3, -0.25) is 0 Å². The molecule has 4 rings (SSSR count). The Labute approximate surface area is 173 Å². The summed E-state index contributed by atoms with van der Waals surface area (Å²) in [7, 11) is 0. The molecule has 0 aliphatic carbocycles. The zero-order valence-electron chi connectivity index (χ0n) is 15.3. The van der Waals surface area contributed by atoms with E-state index in [1.165, 1.54) is 17.7 Å². The fourth-order valence-electron chi connectivity index (χ4n) is 3.17. The predicted octanol–water partition coefficient (Wildman–Crippen LogP) is 4.89. The highest BCUT2D eigenvalue weighted by atomic mass is 35.5. The first-order valence-electron chi connectivity index (χ1n) is 9.12. The summed E-state index contributed by atoms with van der Waals surface area (Å²) in [5.74, 6) is 1.59. The quantitative estimate of drug-likeness (QED) is 0.438. The molecule has 1 aliphatic rings. The average molecular weight is 415 g/mol. The molecule has 4 nitrogen and oxygen atoms in total. The third-order valence-corrected chi connectivity index (χ3v) is 5.97. The van der Waals surface area contributed by atoms with Crippen LogP contribution in [0.2, 0.25) is 5.02 Å². The van der Waals surface area contributed by atoms with Crippen LogP contribution in [0, 0.1) is 5.82 Å². The molecule has 1 aromatic heterocycles. The van der Waals surface area contributed by atoms with Gasteiger partial charge in [-0.2, -0.15) is 0 Å². The molecule has 0 bridgehead atoms. The van der Waals surface area contributed by atoms with Gasteiger partial charge in [-0.1, -0.05) is 23.7 Å². The van der Waals surface area contributed by atoms with E-state index in [0.717, 1.165) is 53.5 Å². The maximum Gasteiger partial charge on any atom is 0.133 e. The van der Waals surface area contributed by atoms with Gasteiger partial charge in [0.25, 0.3) is 0 Å². The lowest BCUT2D eigenvalue weighted by molar-refractivity contribution is 0.624. The summed E-state index contributed by atoms with van der Waals surface area (Å²) in [5.41, 5.74) is 2.27. The molecule has 0 atom stereocenters. The highest BCUT2D eigenvalue weighted by molar-refractivity contribution is 7.98. The Bertz CT molecular complexity index is 912. The number of rotatable bonds is 5. The second-order valence-electron chi connectivity index (χ2n) is 6.58. The van der Waals surface area contributed by atoms with Crippen LogP contribution in [0.5, 0.6) is 0 Å². The van der Waals surface area contributed by atoms with Crippen molar-refractivity contribution in [3.63, 3.8) is 0 Å². The Morgan fingerprint density at radius 2 is 1.57 bits per heavy atom. The molecule has 0 unspecified atom stereocenters. The second-order valence-corrected chi connectivity index (χ2v) is 8.01. The van der Waals surface area contributed by atoms with Crippen molar-refractivity contribution in [3.05, 3.63) is 77.3 Å². The van der Waals surface area contributed by atoms with E-state index in [4.69, 9.17) is 11.6 Å². The molecule has 0 N–H and O–H groups in total. The van der Waals surface area contributed by atoms with Crippen molar-refractivity contribution in [3.8, 4) is 0 Å². The minimum absolute atomic E-state index is 0.202. The Morgan fingerprint density at radius 1 is 0.893 bits per heavy atom. The summed E-state index contributed by atoms with van der Waals surface area (Å²) in [6, 6.07) is 16.6. The normalized spacial score (nSPS) is 14.4. The number of halogens is 2. The van der Waals surface area contributed by atoms with E-state index in [1.807, 2.05) is 42.5 Å². The molecule has 1 aliphatic heterocycles. The predicted molar refractivity (Wildman–Crippen MR) is 114 cm³/mol. The van der Waals surface area contributed by atoms with E-state index >= 15 is 0 Å². The van der Waals surface area contributed by atoms with Crippen LogP contribution in [-0.2, 0) is 5.75 Å². The van der Waals surface area contributed by atoms with Crippen molar-refractivity contribution >= 4 is 34.9 Å². The standard InChI is InChI=1S/C21H20ClFN4S/c22-17-3-1-16(2-4-17)14-28-21-13-20(24-15-25-21)27-11-9-26(10-12-27)19-7-5-18(23)6-8-19/h1-8,13,15H,9-12,14H2. The van der Waals surface area contributed by atoms with Gasteiger partial charge in [0.1, 0.15) is 23.0 Å². The number of thioether (sulfide) groups is 1. The molecule has 0 spiro atoms. The number of nitrogens with zero attached hydrogens (tertiary/aromatic N) is 4. The topological polar surface area (TPSA) is 32.3 Å². The molecule has 1 saturated heterocycles. The molecule has 7 heteroatoms. The van der Waals surface area contributed by atoms with Gasteiger partial charge in [0, 0.05) is 48.7 Å². The maximum absolute atomic E-state index is 13.1. The first-order chi connectivity index (χ1) is 13.7. The first kappa shape index (κ1) is 19.0. The molecular formula is C21H20ClFN4S. The highest BCUT2D eigenvalue weighted by Gasteiger charge is 2.19. The number of anilines is 2. The monoisotopic (exact) mass is 414 g/mol. The zero-order chi connectivity index (χ0) is 19.3. The Morgan fingerprint density at radius 3 is 2.29 bits per heavy atom. The average Bonchev–Trinajstić information content (AvgIpc) is 2.74. The van der Waals surface area contributed by atoms with Gasteiger partial charge < -0.3 is 9.80 Å². The van der Waals surface area contributed by atoms with E-state index in [1.54, 1.807) is 18.1 Å². The van der Waals surface area contributed by atoms with Gasteiger partial charge in [-0.15, -0.1) is 11.8 Å². The van der Waals surface area contributed by atoms with Crippen molar-refractivity contribution in [1.82, 2.24) is 9.97 Å². The molecule has 28 heavy (non-hydrogen) atoms.